The summed E-state index contributed by atoms with van der Waals surface area (Å²) in [5, 5.41) is 15.7. The maximum atomic E-state index is 12.1. The van der Waals surface area contributed by atoms with Gasteiger partial charge in [-0.15, -0.1) is 4.28 Å². The number of nitrogens with one attached hydrogen (secondary N) is 2. The van der Waals surface area contributed by atoms with Gasteiger partial charge in [0, 0.05) is 25.9 Å². The molecule has 17 nitrogen and oxygen atoms in total. The third kappa shape index (κ3) is 7.23. The van der Waals surface area contributed by atoms with Crippen molar-refractivity contribution in [3.05, 3.63) is 0 Å². The van der Waals surface area contributed by atoms with Crippen LogP contribution in [0.1, 0.15) is 52.4 Å². The third-order valence-electron chi connectivity index (χ3n) is 7.16. The number of nitrogens with zero attached hydrogens (tertiary/aromatic N) is 4. The topological polar surface area (TPSA) is 223 Å². The van der Waals surface area contributed by atoms with E-state index in [1.54, 1.807) is 13.8 Å². The van der Waals surface area contributed by atoms with E-state index >= 15 is 0 Å². The fourth-order valence-corrected chi connectivity index (χ4v) is 5.27. The van der Waals surface area contributed by atoms with Crippen molar-refractivity contribution in [3.8, 4) is 0 Å². The molecular weight excluding hydrogens is 556 g/mol. The van der Waals surface area contributed by atoms with Crippen LogP contribution >= 0.6 is 0 Å². The number of hydrogen-bond acceptors (Lipinski definition) is 10. The van der Waals surface area contributed by atoms with Crippen LogP contribution in [0.25, 0.3) is 0 Å². The molecule has 4 fully saturated rings. The summed E-state index contributed by atoms with van der Waals surface area (Å²) < 4.78 is 34.4. The minimum absolute atomic E-state index is 0.000131. The Kier molecular flexibility index (Phi) is 10.0. The van der Waals surface area contributed by atoms with Crippen molar-refractivity contribution < 1.29 is 51.2 Å². The molecule has 4 rings (SSSR count). The predicted octanol–water partition coefficient (Wildman–Crippen LogP) is -1.18. The van der Waals surface area contributed by atoms with Crippen LogP contribution < -0.4 is 10.6 Å². The molecule has 4 saturated heterocycles. The fourth-order valence-electron chi connectivity index (χ4n) is 4.88. The molecule has 4 heterocycles. The van der Waals surface area contributed by atoms with Gasteiger partial charge in [0.15, 0.2) is 11.6 Å². The monoisotopic (exact) mass is 590 g/mol. The first-order chi connectivity index (χ1) is 18.8. The number of piperidine rings is 2. The van der Waals surface area contributed by atoms with Gasteiger partial charge in [-0.2, -0.15) is 13.5 Å². The van der Waals surface area contributed by atoms with Gasteiger partial charge < -0.3 is 20.4 Å². The zero-order chi connectivity index (χ0) is 29.8. The maximum absolute atomic E-state index is 12.1. The lowest BCUT2D eigenvalue weighted by Crippen LogP contribution is -2.50. The van der Waals surface area contributed by atoms with Crippen molar-refractivity contribution in [2.24, 2.45) is 0 Å². The van der Waals surface area contributed by atoms with Gasteiger partial charge in [-0.05, 0) is 25.7 Å². The Labute approximate surface area is 230 Å². The van der Waals surface area contributed by atoms with Gasteiger partial charge in [-0.25, -0.2) is 14.7 Å². The average molecular weight is 591 g/mol. The largest absolute Gasteiger partial charge is 0.418 e. The summed E-state index contributed by atoms with van der Waals surface area (Å²) in [6, 6.07) is -3.45. The standard InChI is InChI=1S/C11H17N3O7S.C11H17N3O4/c1-2-8(15)5-12-10(16)9-4-3-7-6-13(9)11(17)14(7)21-22(18,19)20;1-2-8(15)5-12-10(16)9-4-3-7-6-13(9)11(17)14(7)18/h7,9H,2-6H2,1H3,(H,12,16)(H,18,19,20);7,9,18H,2-6H2,1H3,(H,12,16)/t2*7-,9+/m11/s1. The number of carbonyl (C=O) groups is 6. The van der Waals surface area contributed by atoms with E-state index in [-0.39, 0.29) is 43.1 Å². The molecule has 0 saturated carbocycles. The summed E-state index contributed by atoms with van der Waals surface area (Å²) in [6.45, 7) is 3.79. The first-order valence-corrected chi connectivity index (χ1v) is 14.3. The van der Waals surface area contributed by atoms with Crippen LogP contribution in [0.4, 0.5) is 9.59 Å². The van der Waals surface area contributed by atoms with Crippen molar-refractivity contribution >= 4 is 45.8 Å². The number of Topliss-reactive ketones (excluding diaryl/α,β-unsaturated/α-hetero) is 2. The van der Waals surface area contributed by atoms with E-state index in [9.17, 15) is 42.4 Å². The van der Waals surface area contributed by atoms with Gasteiger partial charge in [0.2, 0.25) is 11.8 Å². The normalized spacial score (nSPS) is 25.4. The first-order valence-electron chi connectivity index (χ1n) is 12.9. The van der Waals surface area contributed by atoms with E-state index < -0.39 is 46.5 Å². The Hall–Kier alpha value is -3.35. The van der Waals surface area contributed by atoms with Gasteiger partial charge in [0.25, 0.3) is 0 Å². The van der Waals surface area contributed by atoms with E-state index in [0.717, 1.165) is 0 Å². The zero-order valence-corrected chi connectivity index (χ0v) is 23.0. The highest BCUT2D eigenvalue weighted by atomic mass is 32.3. The molecule has 4 bridgehead atoms. The van der Waals surface area contributed by atoms with Gasteiger partial charge >= 0.3 is 22.5 Å². The second kappa shape index (κ2) is 12.9. The molecule has 4 aliphatic heterocycles. The van der Waals surface area contributed by atoms with Crippen LogP contribution in [0, 0.1) is 0 Å². The highest BCUT2D eigenvalue weighted by molar-refractivity contribution is 7.80. The lowest BCUT2D eigenvalue weighted by Gasteiger charge is -2.29. The first kappa shape index (κ1) is 31.2. The molecule has 0 unspecified atom stereocenters. The summed E-state index contributed by atoms with van der Waals surface area (Å²) in [5.41, 5.74) is 0. The molecule has 4 N–H and O–H groups in total. The van der Waals surface area contributed by atoms with Crippen LogP contribution in [-0.2, 0) is 33.9 Å². The van der Waals surface area contributed by atoms with Crippen molar-refractivity contribution in [1.82, 2.24) is 30.6 Å². The van der Waals surface area contributed by atoms with Crippen molar-refractivity contribution in [2.45, 2.75) is 76.5 Å². The molecular formula is C22H34N6O11S. The Morgan fingerprint density at radius 1 is 0.825 bits per heavy atom. The van der Waals surface area contributed by atoms with Gasteiger partial charge in [-0.1, -0.05) is 13.8 Å². The van der Waals surface area contributed by atoms with Crippen LogP contribution in [0.15, 0.2) is 0 Å². The van der Waals surface area contributed by atoms with E-state index in [1.807, 2.05) is 0 Å². The van der Waals surface area contributed by atoms with Crippen LogP contribution in [-0.4, -0.2) is 124 Å². The van der Waals surface area contributed by atoms with Crippen LogP contribution in [0.3, 0.4) is 0 Å². The Morgan fingerprint density at radius 3 is 1.75 bits per heavy atom. The van der Waals surface area contributed by atoms with Crippen molar-refractivity contribution in [3.63, 3.8) is 0 Å². The van der Waals surface area contributed by atoms with Gasteiger partial charge in [0.05, 0.1) is 25.2 Å². The van der Waals surface area contributed by atoms with E-state index in [4.69, 9.17) is 4.55 Å². The lowest BCUT2D eigenvalue weighted by molar-refractivity contribution is -0.128. The molecule has 4 atom stereocenters. The number of rotatable bonds is 10. The lowest BCUT2D eigenvalue weighted by atomic mass is 10.0. The van der Waals surface area contributed by atoms with Gasteiger partial charge in [-0.3, -0.25) is 28.9 Å². The van der Waals surface area contributed by atoms with Crippen LogP contribution in [0.2, 0.25) is 0 Å². The molecule has 18 heteroatoms. The summed E-state index contributed by atoms with van der Waals surface area (Å²) in [4.78, 5) is 72.6. The summed E-state index contributed by atoms with van der Waals surface area (Å²) in [5.74, 6) is -0.971. The molecule has 0 spiro atoms. The third-order valence-corrected chi connectivity index (χ3v) is 7.50. The average Bonchev–Trinajstić information content (AvgIpc) is 3.29. The minimum atomic E-state index is -4.81. The predicted molar refractivity (Wildman–Crippen MR) is 133 cm³/mol. The molecule has 0 aromatic heterocycles. The zero-order valence-electron chi connectivity index (χ0n) is 22.1. The quantitative estimate of drug-likeness (QED) is 0.175. The second-order valence-electron chi connectivity index (χ2n) is 9.76. The van der Waals surface area contributed by atoms with Crippen molar-refractivity contribution in [2.75, 3.05) is 26.2 Å². The number of carbonyl (C=O) groups excluding carboxylic acids is 6. The number of hydroxylamine groups is 4. The number of urea groups is 2. The summed E-state index contributed by atoms with van der Waals surface area (Å²) in [6.07, 6.45) is 2.44. The number of ketones is 2. The Bertz CT molecular complexity index is 1150. The van der Waals surface area contributed by atoms with E-state index in [1.165, 1.54) is 9.80 Å². The highest BCUT2D eigenvalue weighted by Crippen LogP contribution is 2.31. The molecule has 0 aliphatic carbocycles. The molecule has 0 aromatic carbocycles. The molecule has 0 radical (unpaired) electrons. The van der Waals surface area contributed by atoms with Crippen molar-refractivity contribution in [1.29, 1.82) is 0 Å². The minimum Gasteiger partial charge on any atom is -0.347 e. The second-order valence-corrected chi connectivity index (χ2v) is 10.8. The SMILES string of the molecule is CCC(=O)CNC(=O)[C@@H]1CC[C@@H]2CN1C(=O)N2O.CCC(=O)CNC(=O)[C@@H]1CC[C@@H]2CN1C(=O)N2OS(=O)(=O)O. The number of fused-ring (bicyclic) bond motifs is 4. The smallest absolute Gasteiger partial charge is 0.347 e. The molecule has 6 amide bonds. The molecule has 0 aromatic rings. The summed E-state index contributed by atoms with van der Waals surface area (Å²) >= 11 is 0. The van der Waals surface area contributed by atoms with E-state index in [0.29, 0.717) is 55.2 Å². The number of amides is 6. The molecule has 4 aliphatic rings. The maximum Gasteiger partial charge on any atom is 0.418 e. The highest BCUT2D eigenvalue weighted by Gasteiger charge is 2.49. The number of hydrogen-bond donors (Lipinski definition) is 4. The fraction of sp³-hybridized carbons (Fsp3) is 0.727. The van der Waals surface area contributed by atoms with Crippen LogP contribution in [0.5, 0.6) is 0 Å². The van der Waals surface area contributed by atoms with Gasteiger partial charge in [0.1, 0.15) is 12.1 Å². The summed E-state index contributed by atoms with van der Waals surface area (Å²) in [7, 11) is -4.81. The molecule has 40 heavy (non-hydrogen) atoms. The Balaban J connectivity index is 0.000000225. The Morgan fingerprint density at radius 2 is 1.27 bits per heavy atom. The molecule has 224 valence electrons. The van der Waals surface area contributed by atoms with E-state index in [2.05, 4.69) is 14.9 Å².